The summed E-state index contributed by atoms with van der Waals surface area (Å²) < 4.78 is 12.9. The first-order chi connectivity index (χ1) is 8.16. The Kier molecular flexibility index (Phi) is 3.97. The first kappa shape index (κ1) is 12.3. The molecule has 0 aliphatic carbocycles. The van der Waals surface area contributed by atoms with Gasteiger partial charge < -0.3 is 16.2 Å². The van der Waals surface area contributed by atoms with E-state index in [-0.39, 0.29) is 5.82 Å². The van der Waals surface area contributed by atoms with Crippen molar-refractivity contribution in [3.05, 3.63) is 29.6 Å². The minimum Gasteiger partial charge on any atom is -0.398 e. The molecule has 1 aromatic rings. The van der Waals surface area contributed by atoms with Crippen molar-refractivity contribution in [2.75, 3.05) is 12.3 Å². The maximum atomic E-state index is 12.9. The van der Waals surface area contributed by atoms with Crippen LogP contribution in [0.2, 0.25) is 0 Å². The number of benzene rings is 1. The van der Waals surface area contributed by atoms with Crippen LogP contribution in [-0.4, -0.2) is 17.7 Å². The second-order valence-corrected chi connectivity index (χ2v) is 4.67. The molecule has 1 saturated heterocycles. The Morgan fingerprint density at radius 3 is 2.94 bits per heavy atom. The number of hydrogen-bond donors (Lipinski definition) is 3. The van der Waals surface area contributed by atoms with Crippen molar-refractivity contribution in [3.8, 4) is 0 Å². The number of hydrogen-bond acceptors (Lipinski definition) is 3. The summed E-state index contributed by atoms with van der Waals surface area (Å²) in [5, 5.41) is 13.5. The summed E-state index contributed by atoms with van der Waals surface area (Å²) in [6.07, 6.45) is 3.49. The molecule has 17 heavy (non-hydrogen) atoms. The van der Waals surface area contributed by atoms with E-state index in [9.17, 15) is 9.50 Å². The molecule has 0 aromatic heterocycles. The maximum absolute atomic E-state index is 12.9. The first-order valence-electron chi connectivity index (χ1n) is 6.13. The summed E-state index contributed by atoms with van der Waals surface area (Å²) >= 11 is 0. The molecule has 94 valence electrons. The number of nitrogens with one attached hydrogen (secondary N) is 1. The molecule has 1 aliphatic rings. The van der Waals surface area contributed by atoms with Crippen LogP contribution < -0.4 is 11.1 Å². The zero-order valence-corrected chi connectivity index (χ0v) is 9.82. The van der Waals surface area contributed by atoms with Crippen molar-refractivity contribution in [1.29, 1.82) is 0 Å². The molecule has 2 atom stereocenters. The van der Waals surface area contributed by atoms with Gasteiger partial charge in [0.05, 0.1) is 6.10 Å². The van der Waals surface area contributed by atoms with Crippen molar-refractivity contribution in [2.24, 2.45) is 0 Å². The quantitative estimate of drug-likeness (QED) is 0.706. The van der Waals surface area contributed by atoms with E-state index < -0.39 is 6.10 Å². The zero-order valence-electron chi connectivity index (χ0n) is 9.82. The summed E-state index contributed by atoms with van der Waals surface area (Å²) in [6.45, 7) is 1.01. The Labute approximate surface area is 101 Å². The lowest BCUT2D eigenvalue weighted by atomic mass is 9.95. The Balaban J connectivity index is 2.00. The van der Waals surface area contributed by atoms with Crippen LogP contribution in [-0.2, 0) is 0 Å². The number of nitrogens with two attached hydrogens (primary N) is 1. The molecule has 3 nitrogen and oxygen atoms in total. The lowest BCUT2D eigenvalue weighted by Gasteiger charge is -2.26. The zero-order chi connectivity index (χ0) is 12.3. The first-order valence-corrected chi connectivity index (χ1v) is 6.13. The average molecular weight is 238 g/mol. The van der Waals surface area contributed by atoms with Crippen LogP contribution in [0.3, 0.4) is 0 Å². The van der Waals surface area contributed by atoms with E-state index in [1.54, 1.807) is 6.07 Å². The molecule has 1 aliphatic heterocycles. The number of anilines is 1. The lowest BCUT2D eigenvalue weighted by molar-refractivity contribution is 0.145. The van der Waals surface area contributed by atoms with Gasteiger partial charge in [-0.3, -0.25) is 0 Å². The summed E-state index contributed by atoms with van der Waals surface area (Å²) in [5.41, 5.74) is 6.66. The number of halogens is 1. The van der Waals surface area contributed by atoms with E-state index in [0.29, 0.717) is 23.7 Å². The standard InChI is InChI=1S/C13H19FN2O/c14-9-4-5-11(12(15)7-9)13(17)8-10-3-1-2-6-16-10/h4-5,7,10,13,16-17H,1-3,6,8,15H2. The molecule has 4 heteroatoms. The third-order valence-electron chi connectivity index (χ3n) is 3.33. The van der Waals surface area contributed by atoms with Crippen molar-refractivity contribution >= 4 is 5.69 Å². The SMILES string of the molecule is Nc1cc(F)ccc1C(O)CC1CCCCN1. The van der Waals surface area contributed by atoms with Gasteiger partial charge in [-0.2, -0.15) is 0 Å². The fourth-order valence-corrected chi connectivity index (χ4v) is 2.37. The van der Waals surface area contributed by atoms with Gasteiger partial charge in [-0.15, -0.1) is 0 Å². The fourth-order valence-electron chi connectivity index (χ4n) is 2.37. The van der Waals surface area contributed by atoms with Gasteiger partial charge in [0.1, 0.15) is 5.82 Å². The molecule has 0 spiro atoms. The third kappa shape index (κ3) is 3.17. The average Bonchev–Trinajstić information content (AvgIpc) is 2.30. The van der Waals surface area contributed by atoms with Gasteiger partial charge in [0.2, 0.25) is 0 Å². The van der Waals surface area contributed by atoms with Gasteiger partial charge in [-0.05, 0) is 37.9 Å². The molecule has 4 N–H and O–H groups in total. The van der Waals surface area contributed by atoms with Gasteiger partial charge in [-0.25, -0.2) is 4.39 Å². The van der Waals surface area contributed by atoms with Gasteiger partial charge in [0.25, 0.3) is 0 Å². The van der Waals surface area contributed by atoms with Gasteiger partial charge in [0, 0.05) is 17.3 Å². The molecule has 2 unspecified atom stereocenters. The van der Waals surface area contributed by atoms with E-state index >= 15 is 0 Å². The molecule has 0 saturated carbocycles. The Morgan fingerprint density at radius 2 is 2.29 bits per heavy atom. The van der Waals surface area contributed by atoms with Crippen LogP contribution in [0.25, 0.3) is 0 Å². The Morgan fingerprint density at radius 1 is 1.47 bits per heavy atom. The molecule has 0 radical (unpaired) electrons. The van der Waals surface area contributed by atoms with E-state index in [4.69, 9.17) is 5.73 Å². The van der Waals surface area contributed by atoms with E-state index in [1.165, 1.54) is 25.0 Å². The maximum Gasteiger partial charge on any atom is 0.125 e. The summed E-state index contributed by atoms with van der Waals surface area (Å²) in [7, 11) is 0. The molecule has 1 aromatic carbocycles. The fraction of sp³-hybridized carbons (Fsp3) is 0.538. The monoisotopic (exact) mass is 238 g/mol. The van der Waals surface area contributed by atoms with Gasteiger partial charge in [0.15, 0.2) is 0 Å². The minimum absolute atomic E-state index is 0.327. The molecule has 1 fully saturated rings. The van der Waals surface area contributed by atoms with Crippen LogP contribution in [0, 0.1) is 5.82 Å². The van der Waals surface area contributed by atoms with Crippen LogP contribution in [0.1, 0.15) is 37.4 Å². The highest BCUT2D eigenvalue weighted by Crippen LogP contribution is 2.26. The number of aliphatic hydroxyl groups excluding tert-OH is 1. The van der Waals surface area contributed by atoms with Crippen LogP contribution >= 0.6 is 0 Å². The third-order valence-corrected chi connectivity index (χ3v) is 3.33. The van der Waals surface area contributed by atoms with Crippen molar-refractivity contribution in [3.63, 3.8) is 0 Å². The molecular weight excluding hydrogens is 219 g/mol. The highest BCUT2D eigenvalue weighted by Gasteiger charge is 2.19. The number of piperidine rings is 1. The van der Waals surface area contributed by atoms with E-state index in [0.717, 1.165) is 13.0 Å². The van der Waals surface area contributed by atoms with Crippen molar-refractivity contribution in [1.82, 2.24) is 5.32 Å². The normalized spacial score (nSPS) is 22.4. The molecule has 2 rings (SSSR count). The lowest BCUT2D eigenvalue weighted by Crippen LogP contribution is -2.35. The summed E-state index contributed by atoms with van der Waals surface area (Å²) in [5.74, 6) is -0.366. The number of nitrogen functional groups attached to an aromatic ring is 1. The summed E-state index contributed by atoms with van der Waals surface area (Å²) in [4.78, 5) is 0. The van der Waals surface area contributed by atoms with Gasteiger partial charge in [-0.1, -0.05) is 12.5 Å². The largest absolute Gasteiger partial charge is 0.398 e. The minimum atomic E-state index is -0.619. The molecule has 1 heterocycles. The second-order valence-electron chi connectivity index (χ2n) is 4.67. The van der Waals surface area contributed by atoms with Crippen LogP contribution in [0.4, 0.5) is 10.1 Å². The predicted molar refractivity (Wildman–Crippen MR) is 66.0 cm³/mol. The van der Waals surface area contributed by atoms with Crippen LogP contribution in [0.5, 0.6) is 0 Å². The highest BCUT2D eigenvalue weighted by atomic mass is 19.1. The van der Waals surface area contributed by atoms with E-state index in [2.05, 4.69) is 5.32 Å². The van der Waals surface area contributed by atoms with Gasteiger partial charge >= 0.3 is 0 Å². The molecular formula is C13H19FN2O. The number of aliphatic hydroxyl groups is 1. The summed E-state index contributed by atoms with van der Waals surface area (Å²) in [6, 6.07) is 4.50. The van der Waals surface area contributed by atoms with Crippen molar-refractivity contribution in [2.45, 2.75) is 37.8 Å². The predicted octanol–water partition coefficient (Wildman–Crippen LogP) is 1.97. The van der Waals surface area contributed by atoms with E-state index in [1.807, 2.05) is 0 Å². The number of rotatable bonds is 3. The molecule has 0 bridgehead atoms. The smallest absolute Gasteiger partial charge is 0.125 e. The second kappa shape index (κ2) is 5.47. The highest BCUT2D eigenvalue weighted by molar-refractivity contribution is 5.48. The van der Waals surface area contributed by atoms with Crippen LogP contribution in [0.15, 0.2) is 18.2 Å². The molecule has 0 amide bonds. The Hall–Kier alpha value is -1.13. The van der Waals surface area contributed by atoms with Crippen molar-refractivity contribution < 1.29 is 9.50 Å². The topological polar surface area (TPSA) is 58.3 Å². The Bertz CT molecular complexity index is 378.